The molecule has 0 spiro atoms. The van der Waals surface area contributed by atoms with Crippen molar-refractivity contribution in [3.05, 3.63) is 108 Å². The van der Waals surface area contributed by atoms with E-state index in [2.05, 4.69) is 10.6 Å². The van der Waals surface area contributed by atoms with E-state index in [9.17, 15) is 18.3 Å². The Hall–Kier alpha value is -4.70. The van der Waals surface area contributed by atoms with E-state index in [1.807, 2.05) is 60.8 Å². The minimum atomic E-state index is -3.85. The molecule has 0 bridgehead atoms. The van der Waals surface area contributed by atoms with Gasteiger partial charge in [-0.15, -0.1) is 0 Å². The van der Waals surface area contributed by atoms with Crippen molar-refractivity contribution in [3.63, 3.8) is 0 Å². The topological polar surface area (TPSA) is 126 Å². The summed E-state index contributed by atoms with van der Waals surface area (Å²) in [6.07, 6.45) is 8.24. The summed E-state index contributed by atoms with van der Waals surface area (Å²) in [5.41, 5.74) is 3.54. The molecule has 5 aromatic rings. The molecule has 2 aromatic heterocycles. The van der Waals surface area contributed by atoms with E-state index in [-0.39, 0.29) is 10.9 Å². The molecular weight excluding hydrogens is 586 g/mol. The zero-order chi connectivity index (χ0) is 31.0. The number of rotatable bonds is 9. The molecule has 0 aliphatic heterocycles. The van der Waals surface area contributed by atoms with E-state index in [0.29, 0.717) is 30.2 Å². The normalized spacial score (nSPS) is 20.1. The molecule has 1 unspecified atom stereocenters. The maximum Gasteiger partial charge on any atom is 0.405 e. The van der Waals surface area contributed by atoms with Crippen molar-refractivity contribution in [3.8, 4) is 11.3 Å². The third-order valence-electron chi connectivity index (χ3n) is 9.00. The molecule has 45 heavy (non-hydrogen) atoms. The third-order valence-corrected chi connectivity index (χ3v) is 10.7. The van der Waals surface area contributed by atoms with Gasteiger partial charge in [0.1, 0.15) is 0 Å². The van der Waals surface area contributed by atoms with Crippen LogP contribution in [-0.4, -0.2) is 45.1 Å². The second-order valence-corrected chi connectivity index (χ2v) is 14.1. The first-order valence-electron chi connectivity index (χ1n) is 15.4. The highest BCUT2D eigenvalue weighted by atomic mass is 32.2. The number of fused-ring (bicyclic) bond motifs is 1. The SMILES string of the molecule is O=C(O)NC1(Cc2ccccc2)CCC[C@@H](Nc2ncc(C3CC3)c(-c3cn(S(=O)(=O)c4ccccc4)c4ccccc34)n2)C1. The summed E-state index contributed by atoms with van der Waals surface area (Å²) in [4.78, 5) is 21.9. The second kappa shape index (κ2) is 11.7. The van der Waals surface area contributed by atoms with Crippen LogP contribution in [0.5, 0.6) is 0 Å². The summed E-state index contributed by atoms with van der Waals surface area (Å²) in [5, 5.41) is 16.9. The fraction of sp³-hybridized carbons (Fsp3) is 0.286. The molecule has 2 saturated carbocycles. The molecule has 0 radical (unpaired) electrons. The second-order valence-electron chi connectivity index (χ2n) is 12.3. The molecule has 2 aliphatic carbocycles. The van der Waals surface area contributed by atoms with Gasteiger partial charge < -0.3 is 15.7 Å². The molecule has 2 fully saturated rings. The Kier molecular flexibility index (Phi) is 7.53. The van der Waals surface area contributed by atoms with Gasteiger partial charge in [0, 0.05) is 40.5 Å². The zero-order valence-corrected chi connectivity index (χ0v) is 25.6. The Labute approximate surface area is 262 Å². The van der Waals surface area contributed by atoms with E-state index in [4.69, 9.17) is 9.97 Å². The monoisotopic (exact) mass is 621 g/mol. The minimum absolute atomic E-state index is 0.0475. The van der Waals surface area contributed by atoms with Gasteiger partial charge in [-0.2, -0.15) is 0 Å². The largest absolute Gasteiger partial charge is 0.465 e. The Morgan fingerprint density at radius 2 is 1.67 bits per heavy atom. The quantitative estimate of drug-likeness (QED) is 0.165. The van der Waals surface area contributed by atoms with Gasteiger partial charge in [0.15, 0.2) is 0 Å². The lowest BCUT2D eigenvalue weighted by Gasteiger charge is -2.41. The molecule has 3 aromatic carbocycles. The molecule has 2 atom stereocenters. The van der Waals surface area contributed by atoms with Crippen LogP contribution in [0, 0.1) is 0 Å². The highest BCUT2D eigenvalue weighted by molar-refractivity contribution is 7.90. The first-order valence-corrected chi connectivity index (χ1v) is 16.8. The van der Waals surface area contributed by atoms with Crippen molar-refractivity contribution in [1.29, 1.82) is 0 Å². The van der Waals surface area contributed by atoms with Gasteiger partial charge in [0.25, 0.3) is 10.0 Å². The molecule has 0 saturated heterocycles. The first-order chi connectivity index (χ1) is 21.8. The van der Waals surface area contributed by atoms with Gasteiger partial charge in [0.2, 0.25) is 5.95 Å². The van der Waals surface area contributed by atoms with Crippen LogP contribution in [0.4, 0.5) is 10.7 Å². The number of carbonyl (C=O) groups is 1. The lowest BCUT2D eigenvalue weighted by Crippen LogP contribution is -2.54. The summed E-state index contributed by atoms with van der Waals surface area (Å²) in [6.45, 7) is 0. The number of nitrogens with zero attached hydrogens (tertiary/aromatic N) is 3. The maximum atomic E-state index is 13.8. The van der Waals surface area contributed by atoms with Gasteiger partial charge in [-0.05, 0) is 74.6 Å². The van der Waals surface area contributed by atoms with Crippen molar-refractivity contribution in [2.75, 3.05) is 5.32 Å². The summed E-state index contributed by atoms with van der Waals surface area (Å²) in [5.74, 6) is 0.780. The summed E-state index contributed by atoms with van der Waals surface area (Å²) in [6, 6.07) is 25.9. The number of nitrogens with one attached hydrogen (secondary N) is 2. The van der Waals surface area contributed by atoms with Crippen LogP contribution in [0.2, 0.25) is 0 Å². The predicted molar refractivity (Wildman–Crippen MR) is 174 cm³/mol. The maximum absolute atomic E-state index is 13.8. The van der Waals surface area contributed by atoms with E-state index in [1.165, 1.54) is 3.97 Å². The Morgan fingerprint density at radius 3 is 2.40 bits per heavy atom. The molecule has 10 heteroatoms. The molecule has 3 N–H and O–H groups in total. The van der Waals surface area contributed by atoms with Crippen molar-refractivity contribution >= 4 is 33.0 Å². The molecule has 230 valence electrons. The van der Waals surface area contributed by atoms with Crippen LogP contribution < -0.4 is 10.6 Å². The van der Waals surface area contributed by atoms with Crippen molar-refractivity contribution in [1.82, 2.24) is 19.3 Å². The van der Waals surface area contributed by atoms with Crippen LogP contribution in [0.1, 0.15) is 55.6 Å². The van der Waals surface area contributed by atoms with Crippen molar-refractivity contribution in [2.45, 2.75) is 67.3 Å². The Morgan fingerprint density at radius 1 is 0.956 bits per heavy atom. The van der Waals surface area contributed by atoms with Crippen molar-refractivity contribution < 1.29 is 18.3 Å². The standard InChI is InChI=1S/C35H35N5O4S/c41-34(42)39-35(20-24-10-3-1-4-11-24)19-9-12-26(21-35)37-33-36-22-29(25-17-18-25)32(38-33)30-23-40(31-16-8-7-15-28(30)31)45(43,44)27-13-5-2-6-14-27/h1-8,10-11,13-16,22-23,25-26,39H,9,12,17-21H2,(H,41,42)(H,36,37,38)/t26-,35?/m1/s1. The van der Waals surface area contributed by atoms with E-state index >= 15 is 0 Å². The fourth-order valence-electron chi connectivity index (χ4n) is 6.81. The minimum Gasteiger partial charge on any atom is -0.465 e. The third kappa shape index (κ3) is 5.90. The number of benzene rings is 3. The Bertz CT molecular complexity index is 1960. The average molecular weight is 622 g/mol. The van der Waals surface area contributed by atoms with Gasteiger partial charge in [-0.25, -0.2) is 27.2 Å². The summed E-state index contributed by atoms with van der Waals surface area (Å²) < 4.78 is 28.9. The van der Waals surface area contributed by atoms with Crippen LogP contribution in [-0.2, 0) is 16.4 Å². The molecule has 2 heterocycles. The van der Waals surface area contributed by atoms with E-state index in [0.717, 1.165) is 59.9 Å². The molecule has 9 nitrogen and oxygen atoms in total. The first kappa shape index (κ1) is 29.0. The van der Waals surface area contributed by atoms with Crippen LogP contribution in [0.3, 0.4) is 0 Å². The lowest BCUT2D eigenvalue weighted by atomic mass is 9.75. The van der Waals surface area contributed by atoms with Crippen LogP contribution in [0.15, 0.2) is 102 Å². The molecular formula is C35H35N5O4S. The fourth-order valence-corrected chi connectivity index (χ4v) is 8.20. The smallest absolute Gasteiger partial charge is 0.405 e. The van der Waals surface area contributed by atoms with Gasteiger partial charge in [-0.1, -0.05) is 66.7 Å². The number of para-hydroxylation sites is 1. The van der Waals surface area contributed by atoms with Crippen LogP contribution in [0.25, 0.3) is 22.2 Å². The number of aromatic nitrogens is 3. The Balaban J connectivity index is 1.25. The highest BCUT2D eigenvalue weighted by Gasteiger charge is 2.38. The predicted octanol–water partition coefficient (Wildman–Crippen LogP) is 6.82. The zero-order valence-electron chi connectivity index (χ0n) is 24.8. The number of amides is 1. The number of hydrogen-bond acceptors (Lipinski definition) is 6. The van der Waals surface area contributed by atoms with E-state index in [1.54, 1.807) is 36.5 Å². The molecule has 7 rings (SSSR count). The number of hydrogen-bond donors (Lipinski definition) is 3. The highest BCUT2D eigenvalue weighted by Crippen LogP contribution is 2.45. The molecule has 1 amide bonds. The lowest BCUT2D eigenvalue weighted by molar-refractivity contribution is 0.159. The van der Waals surface area contributed by atoms with Gasteiger partial charge in [-0.3, -0.25) is 0 Å². The summed E-state index contributed by atoms with van der Waals surface area (Å²) in [7, 11) is -3.85. The van der Waals surface area contributed by atoms with Gasteiger partial charge in [0.05, 0.1) is 16.1 Å². The molecule has 2 aliphatic rings. The van der Waals surface area contributed by atoms with E-state index < -0.39 is 21.7 Å². The number of carboxylic acid groups (broad SMARTS) is 1. The average Bonchev–Trinajstić information content (AvgIpc) is 3.81. The van der Waals surface area contributed by atoms with Crippen LogP contribution >= 0.6 is 0 Å². The van der Waals surface area contributed by atoms with Crippen molar-refractivity contribution in [2.24, 2.45) is 0 Å². The van der Waals surface area contributed by atoms with Gasteiger partial charge >= 0.3 is 6.09 Å². The summed E-state index contributed by atoms with van der Waals surface area (Å²) >= 11 is 0. The number of anilines is 1.